The molecule has 0 N–H and O–H groups in total. The number of rotatable bonds is 8. The molecule has 0 aliphatic heterocycles. The van der Waals surface area contributed by atoms with E-state index in [1.807, 2.05) is 30.5 Å². The van der Waals surface area contributed by atoms with Crippen molar-refractivity contribution in [2.45, 2.75) is 19.3 Å². The van der Waals surface area contributed by atoms with Crippen molar-refractivity contribution in [3.05, 3.63) is 527 Å². The standard InChI is InChI=1S/C39H28N2.C36H22N2O.C34H22N2.C29H19N3/c1-39(2)33-17-9-6-14-27(33)30-22-26(20-21-34(30)39)41-36-19-11-8-16-29(36)32-23-37-31(24-38(32)41)28-15-7-10-18-35(28)40(37)25-12-4-3-5-13-25;1-2-10-23(11-3-1)37-31-15-7-4-12-25(31)28-22-34-29(21-33(28)37)26-13-5-8-16-32(26)38(34)24-18-19-36-30(20-24)27-14-6-9-17-35(27)39-36;1-2-13-24(14-3-1)35-31-18-8-6-16-26(31)28-22-34-29(21-33(28)35)27-17-7-9-19-32(27)36(34)30-20-10-12-23-11-4-5-15-25(23)30;1-2-10-20(11-3-1)31-25-14-6-4-12-21(25)23-19-28-24(18-27(23)31)22-13-5-7-15-26(22)32(28)29-16-8-9-17-30-29/h3-24H,1-2H3;1-22H;1-22H;1-19H. The molecule has 0 amide bonds. The summed E-state index contributed by atoms with van der Waals surface area (Å²) in [5, 5.41) is 24.9. The number of pyridine rings is 1. The van der Waals surface area contributed by atoms with Crippen LogP contribution in [0.1, 0.15) is 25.0 Å². The van der Waals surface area contributed by atoms with Gasteiger partial charge in [-0.2, -0.15) is 0 Å². The summed E-state index contributed by atoms with van der Waals surface area (Å²) in [6, 6.07) is 184. The van der Waals surface area contributed by atoms with Crippen molar-refractivity contribution in [2.24, 2.45) is 0 Å². The predicted molar refractivity (Wildman–Crippen MR) is 621 cm³/mol. The van der Waals surface area contributed by atoms with Gasteiger partial charge in [-0.25, -0.2) is 4.98 Å². The third kappa shape index (κ3) is 12.9. The second-order valence-electron chi connectivity index (χ2n) is 39.6. The topological polar surface area (TPSA) is 65.5 Å². The molecule has 1 aliphatic rings. The summed E-state index contributed by atoms with van der Waals surface area (Å²) in [6.45, 7) is 4.69. The molecule has 0 fully saturated rings. The Morgan fingerprint density at radius 1 is 0.169 bits per heavy atom. The van der Waals surface area contributed by atoms with Crippen molar-refractivity contribution in [2.75, 3.05) is 0 Å². The van der Waals surface area contributed by atoms with Gasteiger partial charge in [0.05, 0.1) is 94.0 Å². The zero-order valence-electron chi connectivity index (χ0n) is 81.0. The van der Waals surface area contributed by atoms with E-state index >= 15 is 0 Å². The summed E-state index contributed by atoms with van der Waals surface area (Å²) >= 11 is 0. The quantitative estimate of drug-likeness (QED) is 0.152. The van der Waals surface area contributed by atoms with Crippen molar-refractivity contribution in [1.29, 1.82) is 0 Å². The highest BCUT2D eigenvalue weighted by Gasteiger charge is 2.36. The van der Waals surface area contributed by atoms with E-state index in [2.05, 4.69) is 541 Å². The van der Waals surface area contributed by atoms with Gasteiger partial charge in [-0.3, -0.25) is 4.57 Å². The summed E-state index contributed by atoms with van der Waals surface area (Å²) < 4.78 is 25.3. The fraction of sp³-hybridized carbons (Fsp3) is 0.0217. The summed E-state index contributed by atoms with van der Waals surface area (Å²) in [5.41, 5.74) is 35.0. The minimum absolute atomic E-state index is 0.00326. The highest BCUT2D eigenvalue weighted by Crippen LogP contribution is 2.52. The fourth-order valence-corrected chi connectivity index (χ4v) is 24.8. The Morgan fingerprint density at radius 3 is 0.851 bits per heavy atom. The molecular formula is C138H91N9O. The van der Waals surface area contributed by atoms with Crippen LogP contribution in [0, 0.1) is 0 Å². The molecule has 10 heterocycles. The molecule has 0 spiro atoms. The van der Waals surface area contributed by atoms with Crippen molar-refractivity contribution in [3.63, 3.8) is 0 Å². The van der Waals surface area contributed by atoms with E-state index < -0.39 is 0 Å². The van der Waals surface area contributed by atoms with Gasteiger partial charge in [0, 0.05) is 148 Å². The van der Waals surface area contributed by atoms with E-state index in [9.17, 15) is 0 Å². The Balaban J connectivity index is 0.0000000914. The molecule has 22 aromatic carbocycles. The van der Waals surface area contributed by atoms with E-state index in [0.717, 1.165) is 33.4 Å². The molecule has 148 heavy (non-hydrogen) atoms. The number of nitrogens with zero attached hydrogens (tertiary/aromatic N) is 9. The van der Waals surface area contributed by atoms with Crippen LogP contribution in [0.15, 0.2) is 520 Å². The minimum atomic E-state index is -0.00326. The number of aromatic nitrogens is 9. The maximum atomic E-state index is 6.14. The van der Waals surface area contributed by atoms with Gasteiger partial charge < -0.3 is 36.4 Å². The summed E-state index contributed by atoms with van der Waals surface area (Å²) in [6.07, 6.45) is 1.86. The van der Waals surface area contributed by atoms with Crippen LogP contribution in [-0.4, -0.2) is 41.5 Å². The second kappa shape index (κ2) is 33.3. The molecule has 0 atom stereocenters. The number of benzene rings is 22. The Labute approximate surface area is 850 Å². The summed E-state index contributed by atoms with van der Waals surface area (Å²) in [7, 11) is 0. The van der Waals surface area contributed by atoms with Gasteiger partial charge in [-0.05, 0) is 228 Å². The van der Waals surface area contributed by atoms with E-state index in [0.29, 0.717) is 0 Å². The maximum absolute atomic E-state index is 6.14. The number of furan rings is 1. The van der Waals surface area contributed by atoms with Gasteiger partial charge in [-0.15, -0.1) is 0 Å². The lowest BCUT2D eigenvalue weighted by Crippen LogP contribution is -2.14. The zero-order valence-corrected chi connectivity index (χ0v) is 81.0. The Kier molecular flexibility index (Phi) is 18.9. The number of fused-ring (bicyclic) bond motifs is 31. The SMILES string of the molecule is CC1(C)c2ccccc2-c2cc(-n3c4ccccc4c4cc5c(cc43)c3ccccc3n5-c3ccccc3)ccc21.c1ccc(-n2c3ccccc3c3cc4c(cc32)c2ccccc2n4-c2ccc3oc4ccccc4c3c2)cc1.c1ccc(-n2c3ccccc3c3cc4c(cc32)c2ccccc2n4-c2cccc3ccccc23)cc1.c1ccc(-n2c3ccccc3c3cc4c(cc32)c2ccccc2n4-c2ccccn2)cc1. The normalized spacial score (nSPS) is 12.4. The molecular weight excluding hydrogens is 1800 g/mol. The van der Waals surface area contributed by atoms with E-state index in [1.165, 1.54) is 242 Å². The lowest BCUT2D eigenvalue weighted by atomic mass is 9.82. The Bertz CT molecular complexity index is 10900. The van der Waals surface area contributed by atoms with Crippen LogP contribution >= 0.6 is 0 Å². The molecule has 0 saturated carbocycles. The van der Waals surface area contributed by atoms with Crippen molar-refractivity contribution >= 4 is 207 Å². The van der Waals surface area contributed by atoms with Crippen LogP contribution < -0.4 is 0 Å². The smallest absolute Gasteiger partial charge is 0.137 e. The van der Waals surface area contributed by atoms with Gasteiger partial charge in [0.2, 0.25) is 0 Å². The first-order chi connectivity index (χ1) is 73.2. The maximum Gasteiger partial charge on any atom is 0.137 e. The van der Waals surface area contributed by atoms with Crippen LogP contribution in [-0.2, 0) is 5.41 Å². The van der Waals surface area contributed by atoms with Crippen LogP contribution in [0.4, 0.5) is 0 Å². The molecule has 32 aromatic rings. The lowest BCUT2D eigenvalue weighted by molar-refractivity contribution is 0.660. The molecule has 0 radical (unpaired) electrons. The van der Waals surface area contributed by atoms with Crippen molar-refractivity contribution < 1.29 is 4.42 Å². The average Bonchev–Trinajstić information content (AvgIpc) is 1.49. The molecule has 33 rings (SSSR count). The van der Waals surface area contributed by atoms with Crippen molar-refractivity contribution in [1.82, 2.24) is 41.5 Å². The summed E-state index contributed by atoms with van der Waals surface area (Å²) in [4.78, 5) is 4.67. The average molecular weight is 1890 g/mol. The van der Waals surface area contributed by atoms with Gasteiger partial charge in [-0.1, -0.05) is 323 Å². The van der Waals surface area contributed by atoms with Crippen LogP contribution in [0.5, 0.6) is 0 Å². The first-order valence-corrected chi connectivity index (χ1v) is 50.9. The van der Waals surface area contributed by atoms with Gasteiger partial charge in [0.1, 0.15) is 17.0 Å². The molecule has 10 nitrogen and oxygen atoms in total. The monoisotopic (exact) mass is 1890 g/mol. The molecule has 0 bridgehead atoms. The van der Waals surface area contributed by atoms with E-state index in [1.54, 1.807) is 0 Å². The fourth-order valence-electron chi connectivity index (χ4n) is 24.8. The Hall–Kier alpha value is -19.6. The lowest BCUT2D eigenvalue weighted by Gasteiger charge is -2.21. The predicted octanol–water partition coefficient (Wildman–Crippen LogP) is 36.3. The molecule has 10 heteroatoms. The second-order valence-corrected chi connectivity index (χ2v) is 39.6. The van der Waals surface area contributed by atoms with E-state index in [4.69, 9.17) is 4.42 Å². The van der Waals surface area contributed by atoms with E-state index in [-0.39, 0.29) is 5.41 Å². The minimum Gasteiger partial charge on any atom is -0.456 e. The third-order valence-corrected chi connectivity index (χ3v) is 31.3. The van der Waals surface area contributed by atoms with Crippen LogP contribution in [0.2, 0.25) is 0 Å². The van der Waals surface area contributed by atoms with Crippen molar-refractivity contribution in [3.8, 4) is 56.8 Å². The number of hydrogen-bond acceptors (Lipinski definition) is 2. The largest absolute Gasteiger partial charge is 0.456 e. The Morgan fingerprint density at radius 2 is 0.453 bits per heavy atom. The third-order valence-electron chi connectivity index (χ3n) is 31.3. The van der Waals surface area contributed by atoms with Gasteiger partial charge in [0.25, 0.3) is 0 Å². The van der Waals surface area contributed by atoms with Gasteiger partial charge >= 0.3 is 0 Å². The molecule has 694 valence electrons. The van der Waals surface area contributed by atoms with Crippen LogP contribution in [0.25, 0.3) is 264 Å². The number of hydrogen-bond donors (Lipinski definition) is 0. The summed E-state index contributed by atoms with van der Waals surface area (Å²) in [5.74, 6) is 0.935. The first kappa shape index (κ1) is 84.2. The molecule has 10 aromatic heterocycles. The molecule has 0 unspecified atom stereocenters. The first-order valence-electron chi connectivity index (χ1n) is 50.9. The zero-order chi connectivity index (χ0) is 97.5. The van der Waals surface area contributed by atoms with Crippen LogP contribution in [0.3, 0.4) is 0 Å². The molecule has 1 aliphatic carbocycles. The highest BCUT2D eigenvalue weighted by atomic mass is 16.3. The highest BCUT2D eigenvalue weighted by molar-refractivity contribution is 6.25. The van der Waals surface area contributed by atoms with Gasteiger partial charge in [0.15, 0.2) is 0 Å². The number of para-hydroxylation sites is 13. The molecule has 0 saturated heterocycles.